The zero-order valence-corrected chi connectivity index (χ0v) is 9.62. The largest absolute Gasteiger partial charge is 0.406 e. The van der Waals surface area contributed by atoms with Gasteiger partial charge in [-0.2, -0.15) is 13.2 Å². The second-order valence-corrected chi connectivity index (χ2v) is 4.82. The van der Waals surface area contributed by atoms with E-state index in [0.29, 0.717) is 12.8 Å². The van der Waals surface area contributed by atoms with E-state index in [1.54, 1.807) is 0 Å². The van der Waals surface area contributed by atoms with Gasteiger partial charge in [0.1, 0.15) is 5.54 Å². The van der Waals surface area contributed by atoms with Crippen LogP contribution in [0.3, 0.4) is 0 Å². The Morgan fingerprint density at radius 3 is 2.20 bits per heavy atom. The Morgan fingerprint density at radius 2 is 1.87 bits per heavy atom. The highest BCUT2D eigenvalue weighted by Crippen LogP contribution is 2.47. The lowest BCUT2D eigenvalue weighted by Crippen LogP contribution is -2.62. The highest BCUT2D eigenvalue weighted by molar-refractivity contribution is 5.02. The minimum absolute atomic E-state index is 0.0689. The maximum absolute atomic E-state index is 13.1. The molecule has 0 amide bonds. The van der Waals surface area contributed by atoms with E-state index in [-0.39, 0.29) is 18.3 Å². The molecule has 1 aliphatic rings. The first-order valence-electron chi connectivity index (χ1n) is 5.61. The van der Waals surface area contributed by atoms with Crippen LogP contribution in [0.2, 0.25) is 0 Å². The van der Waals surface area contributed by atoms with Crippen LogP contribution in [-0.2, 0) is 0 Å². The summed E-state index contributed by atoms with van der Waals surface area (Å²) in [6.45, 7) is 3.77. The summed E-state index contributed by atoms with van der Waals surface area (Å²) >= 11 is 0. The van der Waals surface area contributed by atoms with Crippen molar-refractivity contribution >= 4 is 0 Å². The first-order chi connectivity index (χ1) is 6.85. The molecule has 1 N–H and O–H groups in total. The molecule has 2 unspecified atom stereocenters. The number of nitrogens with one attached hydrogen (secondary N) is 1. The zero-order chi connectivity index (χ0) is 11.7. The van der Waals surface area contributed by atoms with Crippen molar-refractivity contribution in [1.29, 1.82) is 0 Å². The molecular weight excluding hydrogens is 203 g/mol. The van der Waals surface area contributed by atoms with Crippen molar-refractivity contribution in [2.45, 2.75) is 51.2 Å². The van der Waals surface area contributed by atoms with Gasteiger partial charge < -0.3 is 5.32 Å². The maximum Gasteiger partial charge on any atom is 0.406 e. The zero-order valence-electron chi connectivity index (χ0n) is 9.62. The van der Waals surface area contributed by atoms with Gasteiger partial charge in [0.05, 0.1) is 0 Å². The summed E-state index contributed by atoms with van der Waals surface area (Å²) in [5.41, 5.74) is -1.65. The van der Waals surface area contributed by atoms with Crippen molar-refractivity contribution in [2.24, 2.45) is 11.8 Å². The van der Waals surface area contributed by atoms with Gasteiger partial charge in [-0.25, -0.2) is 0 Å². The molecule has 1 saturated carbocycles. The topological polar surface area (TPSA) is 12.0 Å². The summed E-state index contributed by atoms with van der Waals surface area (Å²) in [6, 6.07) is 0. The van der Waals surface area contributed by atoms with Crippen LogP contribution < -0.4 is 5.32 Å². The normalized spacial score (nSPS) is 33.4. The van der Waals surface area contributed by atoms with Crippen molar-refractivity contribution in [1.82, 2.24) is 5.32 Å². The average molecular weight is 223 g/mol. The molecule has 0 bridgehead atoms. The fourth-order valence-corrected chi connectivity index (χ4v) is 2.91. The second kappa shape index (κ2) is 4.32. The standard InChI is InChI=1S/C11H20F3N/c1-8(2)9-6-4-5-7-10(9,15-3)11(12,13)14/h8-9,15H,4-7H2,1-3H3. The first kappa shape index (κ1) is 12.8. The highest BCUT2D eigenvalue weighted by atomic mass is 19.4. The van der Waals surface area contributed by atoms with Crippen LogP contribution in [-0.4, -0.2) is 18.8 Å². The molecule has 1 rings (SSSR count). The molecular formula is C11H20F3N. The van der Waals surface area contributed by atoms with Crippen LogP contribution in [0.25, 0.3) is 0 Å². The lowest BCUT2D eigenvalue weighted by Gasteiger charge is -2.47. The molecule has 1 aliphatic carbocycles. The predicted octanol–water partition coefficient (Wildman–Crippen LogP) is 3.35. The van der Waals surface area contributed by atoms with E-state index in [1.807, 2.05) is 13.8 Å². The Hall–Kier alpha value is -0.250. The van der Waals surface area contributed by atoms with Gasteiger partial charge in [-0.3, -0.25) is 0 Å². The third-order valence-corrected chi connectivity index (χ3v) is 3.73. The molecule has 0 aromatic carbocycles. The summed E-state index contributed by atoms with van der Waals surface area (Å²) in [7, 11) is 1.44. The molecule has 15 heavy (non-hydrogen) atoms. The van der Waals surface area contributed by atoms with E-state index in [9.17, 15) is 13.2 Å². The van der Waals surface area contributed by atoms with Crippen LogP contribution in [0, 0.1) is 11.8 Å². The molecule has 2 atom stereocenters. The van der Waals surface area contributed by atoms with Crippen molar-refractivity contribution in [2.75, 3.05) is 7.05 Å². The van der Waals surface area contributed by atoms with E-state index < -0.39 is 11.7 Å². The highest BCUT2D eigenvalue weighted by Gasteiger charge is 2.59. The lowest BCUT2D eigenvalue weighted by atomic mass is 9.67. The van der Waals surface area contributed by atoms with Gasteiger partial charge in [0.2, 0.25) is 0 Å². The Morgan fingerprint density at radius 1 is 1.27 bits per heavy atom. The van der Waals surface area contributed by atoms with Crippen LogP contribution in [0.15, 0.2) is 0 Å². The number of hydrogen-bond acceptors (Lipinski definition) is 1. The quantitative estimate of drug-likeness (QED) is 0.757. The summed E-state index contributed by atoms with van der Waals surface area (Å²) < 4.78 is 39.4. The van der Waals surface area contributed by atoms with Crippen molar-refractivity contribution in [3.05, 3.63) is 0 Å². The number of rotatable bonds is 2. The fourth-order valence-electron chi connectivity index (χ4n) is 2.91. The van der Waals surface area contributed by atoms with E-state index in [1.165, 1.54) is 7.05 Å². The second-order valence-electron chi connectivity index (χ2n) is 4.82. The number of alkyl halides is 3. The van der Waals surface area contributed by atoms with Gasteiger partial charge in [-0.15, -0.1) is 0 Å². The fraction of sp³-hybridized carbons (Fsp3) is 1.00. The molecule has 0 radical (unpaired) electrons. The van der Waals surface area contributed by atoms with Gasteiger partial charge in [-0.1, -0.05) is 26.7 Å². The van der Waals surface area contributed by atoms with Crippen molar-refractivity contribution in [3.63, 3.8) is 0 Å². The Balaban J connectivity index is 3.01. The first-order valence-corrected chi connectivity index (χ1v) is 5.61. The number of hydrogen-bond donors (Lipinski definition) is 1. The van der Waals surface area contributed by atoms with E-state index in [4.69, 9.17) is 0 Å². The van der Waals surface area contributed by atoms with Crippen LogP contribution in [0.5, 0.6) is 0 Å². The SMILES string of the molecule is CNC1(C(F)(F)F)CCCCC1C(C)C. The van der Waals surface area contributed by atoms with Gasteiger partial charge in [0.15, 0.2) is 0 Å². The Bertz CT molecular complexity index is 212. The molecule has 1 nitrogen and oxygen atoms in total. The third-order valence-electron chi connectivity index (χ3n) is 3.73. The van der Waals surface area contributed by atoms with E-state index in [2.05, 4.69) is 5.32 Å². The van der Waals surface area contributed by atoms with Gasteiger partial charge in [0.25, 0.3) is 0 Å². The third kappa shape index (κ3) is 2.14. The minimum Gasteiger partial charge on any atom is -0.306 e. The molecule has 0 aromatic heterocycles. The van der Waals surface area contributed by atoms with Gasteiger partial charge >= 0.3 is 6.18 Å². The molecule has 0 spiro atoms. The molecule has 0 aliphatic heterocycles. The van der Waals surface area contributed by atoms with E-state index >= 15 is 0 Å². The smallest absolute Gasteiger partial charge is 0.306 e. The van der Waals surface area contributed by atoms with E-state index in [0.717, 1.165) is 6.42 Å². The molecule has 90 valence electrons. The molecule has 1 fully saturated rings. The monoisotopic (exact) mass is 223 g/mol. The molecule has 0 heterocycles. The number of halogens is 3. The Labute approximate surface area is 89.4 Å². The van der Waals surface area contributed by atoms with Crippen LogP contribution in [0.4, 0.5) is 13.2 Å². The van der Waals surface area contributed by atoms with Gasteiger partial charge in [0, 0.05) is 0 Å². The van der Waals surface area contributed by atoms with Crippen LogP contribution in [0.1, 0.15) is 39.5 Å². The molecule has 4 heteroatoms. The molecule has 0 saturated heterocycles. The average Bonchev–Trinajstić information content (AvgIpc) is 2.15. The summed E-state index contributed by atoms with van der Waals surface area (Å²) in [6.07, 6.45) is -1.66. The lowest BCUT2D eigenvalue weighted by molar-refractivity contribution is -0.224. The molecule has 0 aromatic rings. The summed E-state index contributed by atoms with van der Waals surface area (Å²) in [5, 5.41) is 2.56. The maximum atomic E-state index is 13.1. The Kier molecular flexibility index (Phi) is 3.69. The van der Waals surface area contributed by atoms with Gasteiger partial charge in [-0.05, 0) is 31.7 Å². The summed E-state index contributed by atoms with van der Waals surface area (Å²) in [5.74, 6) is -0.226. The van der Waals surface area contributed by atoms with Crippen molar-refractivity contribution in [3.8, 4) is 0 Å². The summed E-state index contributed by atoms with van der Waals surface area (Å²) in [4.78, 5) is 0. The van der Waals surface area contributed by atoms with Crippen molar-refractivity contribution < 1.29 is 13.2 Å². The predicted molar refractivity (Wildman–Crippen MR) is 54.6 cm³/mol. The minimum atomic E-state index is -4.14. The van der Waals surface area contributed by atoms with Crippen LogP contribution >= 0.6 is 0 Å².